The molecule has 0 unspecified atom stereocenters. The van der Waals surface area contributed by atoms with Crippen LogP contribution in [0.2, 0.25) is 0 Å². The number of nitrogens with zero attached hydrogens (tertiary/aromatic N) is 2. The smallest absolute Gasteiger partial charge is 0.251 e. The Kier molecular flexibility index (Phi) is 8.05. The van der Waals surface area contributed by atoms with Crippen LogP contribution in [-0.2, 0) is 0 Å². The highest BCUT2D eigenvalue weighted by Crippen LogP contribution is 2.15. The van der Waals surface area contributed by atoms with E-state index in [-0.39, 0.29) is 5.91 Å². The van der Waals surface area contributed by atoms with Gasteiger partial charge >= 0.3 is 0 Å². The van der Waals surface area contributed by atoms with Crippen molar-refractivity contribution in [3.05, 3.63) is 29.8 Å². The Hall–Kier alpha value is -1.59. The second kappa shape index (κ2) is 10.3. The van der Waals surface area contributed by atoms with E-state index < -0.39 is 0 Å². The maximum Gasteiger partial charge on any atom is 0.251 e. The van der Waals surface area contributed by atoms with Gasteiger partial charge < -0.3 is 20.4 Å². The summed E-state index contributed by atoms with van der Waals surface area (Å²) in [6.45, 7) is 12.6. The third kappa shape index (κ3) is 5.80. The average Bonchev–Trinajstić information content (AvgIpc) is 2.64. The highest BCUT2D eigenvalue weighted by molar-refractivity contribution is 5.94. The van der Waals surface area contributed by atoms with Crippen molar-refractivity contribution in [2.75, 3.05) is 57.3 Å². The topological polar surface area (TPSA) is 47.6 Å². The second-order valence-electron chi connectivity index (χ2n) is 6.33. The van der Waals surface area contributed by atoms with Gasteiger partial charge in [0, 0.05) is 57.1 Å². The highest BCUT2D eigenvalue weighted by Gasteiger charge is 2.10. The fourth-order valence-corrected chi connectivity index (χ4v) is 3.10. The van der Waals surface area contributed by atoms with Crippen molar-refractivity contribution < 1.29 is 4.79 Å². The lowest BCUT2D eigenvalue weighted by molar-refractivity contribution is 0.0951. The van der Waals surface area contributed by atoms with Gasteiger partial charge in [-0.05, 0) is 50.6 Å². The van der Waals surface area contributed by atoms with Gasteiger partial charge in [0.15, 0.2) is 0 Å². The van der Waals surface area contributed by atoms with E-state index >= 15 is 0 Å². The van der Waals surface area contributed by atoms with Gasteiger partial charge in [-0.3, -0.25) is 4.79 Å². The molecule has 1 aromatic rings. The summed E-state index contributed by atoms with van der Waals surface area (Å²) in [4.78, 5) is 17.0. The second-order valence-corrected chi connectivity index (χ2v) is 6.33. The van der Waals surface area contributed by atoms with E-state index in [1.165, 1.54) is 5.69 Å². The molecule has 1 aliphatic heterocycles. The number of hydrogen-bond acceptors (Lipinski definition) is 4. The van der Waals surface area contributed by atoms with Gasteiger partial charge in [-0.2, -0.15) is 0 Å². The summed E-state index contributed by atoms with van der Waals surface area (Å²) in [5.41, 5.74) is 1.93. The zero-order chi connectivity index (χ0) is 17.2. The molecule has 1 saturated heterocycles. The number of anilines is 1. The first-order valence-corrected chi connectivity index (χ1v) is 9.31. The Morgan fingerprint density at radius 2 is 1.92 bits per heavy atom. The average molecular weight is 332 g/mol. The number of hydrogen-bond donors (Lipinski definition) is 2. The Morgan fingerprint density at radius 3 is 2.54 bits per heavy atom. The van der Waals surface area contributed by atoms with E-state index in [1.54, 1.807) is 0 Å². The van der Waals surface area contributed by atoms with Crippen molar-refractivity contribution in [2.24, 2.45) is 0 Å². The molecule has 0 aromatic heterocycles. The summed E-state index contributed by atoms with van der Waals surface area (Å²) in [5, 5.41) is 6.39. The van der Waals surface area contributed by atoms with Crippen LogP contribution in [0.25, 0.3) is 0 Å². The highest BCUT2D eigenvalue weighted by atomic mass is 16.1. The fraction of sp³-hybridized carbons (Fsp3) is 0.632. The summed E-state index contributed by atoms with van der Waals surface area (Å²) < 4.78 is 0. The Balaban J connectivity index is 1.73. The lowest BCUT2D eigenvalue weighted by Crippen LogP contribution is -2.44. The van der Waals surface area contributed by atoms with Crippen molar-refractivity contribution in [3.63, 3.8) is 0 Å². The van der Waals surface area contributed by atoms with E-state index in [9.17, 15) is 4.79 Å². The SMILES string of the molecule is CCCN(CC)c1ccc(C(=O)NCCCN2CCNCC2)cc1. The lowest BCUT2D eigenvalue weighted by atomic mass is 10.1. The molecule has 0 atom stereocenters. The molecule has 0 spiro atoms. The molecule has 1 aromatic carbocycles. The first-order valence-electron chi connectivity index (χ1n) is 9.31. The Bertz CT molecular complexity index is 483. The van der Waals surface area contributed by atoms with Crippen LogP contribution in [0.1, 0.15) is 37.0 Å². The number of nitrogens with one attached hydrogen (secondary N) is 2. The lowest BCUT2D eigenvalue weighted by Gasteiger charge is -2.27. The minimum absolute atomic E-state index is 0.0281. The summed E-state index contributed by atoms with van der Waals surface area (Å²) in [7, 11) is 0. The predicted molar refractivity (Wildman–Crippen MR) is 101 cm³/mol. The fourth-order valence-electron chi connectivity index (χ4n) is 3.10. The van der Waals surface area contributed by atoms with Crippen molar-refractivity contribution in [1.29, 1.82) is 0 Å². The van der Waals surface area contributed by atoms with Gasteiger partial charge in [0.2, 0.25) is 0 Å². The molecule has 0 saturated carbocycles. The van der Waals surface area contributed by atoms with E-state index in [1.807, 2.05) is 12.1 Å². The van der Waals surface area contributed by atoms with E-state index in [0.29, 0.717) is 0 Å². The molecule has 1 amide bonds. The van der Waals surface area contributed by atoms with E-state index in [0.717, 1.165) is 70.8 Å². The molecular weight excluding hydrogens is 300 g/mol. The summed E-state index contributed by atoms with van der Waals surface area (Å²) in [6, 6.07) is 7.96. The van der Waals surface area contributed by atoms with Gasteiger partial charge in [0.05, 0.1) is 0 Å². The summed E-state index contributed by atoms with van der Waals surface area (Å²) in [6.07, 6.45) is 2.13. The quantitative estimate of drug-likeness (QED) is 0.679. The molecule has 24 heavy (non-hydrogen) atoms. The zero-order valence-corrected chi connectivity index (χ0v) is 15.2. The van der Waals surface area contributed by atoms with E-state index in [2.05, 4.69) is 46.4 Å². The third-order valence-electron chi connectivity index (χ3n) is 4.52. The van der Waals surface area contributed by atoms with Crippen LogP contribution in [0.15, 0.2) is 24.3 Å². The minimum Gasteiger partial charge on any atom is -0.372 e. The largest absolute Gasteiger partial charge is 0.372 e. The van der Waals surface area contributed by atoms with Crippen molar-refractivity contribution in [3.8, 4) is 0 Å². The predicted octanol–water partition coefficient (Wildman–Crippen LogP) is 1.95. The molecule has 2 rings (SSSR count). The Morgan fingerprint density at radius 1 is 1.21 bits per heavy atom. The standard InChI is InChI=1S/C19H32N4O/c1-3-13-23(4-2)18-8-6-17(7-9-18)19(24)21-10-5-14-22-15-11-20-12-16-22/h6-9,20H,3-5,10-16H2,1-2H3,(H,21,24). The van der Waals surface area contributed by atoms with Gasteiger partial charge in [-0.15, -0.1) is 0 Å². The number of amides is 1. The maximum absolute atomic E-state index is 12.2. The number of carbonyl (C=O) groups excluding carboxylic acids is 1. The van der Waals surface area contributed by atoms with Gasteiger partial charge in [-0.1, -0.05) is 6.92 Å². The van der Waals surface area contributed by atoms with Crippen molar-refractivity contribution in [2.45, 2.75) is 26.7 Å². The summed E-state index contributed by atoms with van der Waals surface area (Å²) in [5.74, 6) is 0.0281. The van der Waals surface area contributed by atoms with Crippen LogP contribution in [-0.4, -0.2) is 63.2 Å². The molecule has 2 N–H and O–H groups in total. The molecule has 5 heteroatoms. The summed E-state index contributed by atoms with van der Waals surface area (Å²) >= 11 is 0. The molecule has 0 radical (unpaired) electrons. The first-order chi connectivity index (χ1) is 11.7. The first kappa shape index (κ1) is 18.7. The van der Waals surface area contributed by atoms with Gasteiger partial charge in [0.25, 0.3) is 5.91 Å². The van der Waals surface area contributed by atoms with Crippen LogP contribution in [0, 0.1) is 0 Å². The monoisotopic (exact) mass is 332 g/mol. The molecule has 0 bridgehead atoms. The zero-order valence-electron chi connectivity index (χ0n) is 15.2. The van der Waals surface area contributed by atoms with Crippen LogP contribution in [0.4, 0.5) is 5.69 Å². The van der Waals surface area contributed by atoms with Gasteiger partial charge in [0.1, 0.15) is 0 Å². The van der Waals surface area contributed by atoms with Crippen molar-refractivity contribution >= 4 is 11.6 Å². The molecule has 1 fully saturated rings. The van der Waals surface area contributed by atoms with E-state index in [4.69, 9.17) is 0 Å². The molecule has 1 aliphatic rings. The molecular formula is C19H32N4O. The minimum atomic E-state index is 0.0281. The Labute approximate surface area is 146 Å². The van der Waals surface area contributed by atoms with Crippen molar-refractivity contribution in [1.82, 2.24) is 15.5 Å². The third-order valence-corrected chi connectivity index (χ3v) is 4.52. The van der Waals surface area contributed by atoms with Crippen LogP contribution in [0.3, 0.4) is 0 Å². The number of benzene rings is 1. The maximum atomic E-state index is 12.2. The number of piperazine rings is 1. The number of carbonyl (C=O) groups is 1. The van der Waals surface area contributed by atoms with Crippen LogP contribution in [0.5, 0.6) is 0 Å². The molecule has 1 heterocycles. The number of rotatable bonds is 9. The molecule has 0 aliphatic carbocycles. The molecule has 134 valence electrons. The molecule has 5 nitrogen and oxygen atoms in total. The van der Waals surface area contributed by atoms with Gasteiger partial charge in [-0.25, -0.2) is 0 Å². The normalized spacial score (nSPS) is 15.2. The van der Waals surface area contributed by atoms with Crippen LogP contribution < -0.4 is 15.5 Å². The van der Waals surface area contributed by atoms with Crippen LogP contribution >= 0.6 is 0 Å².